The fraction of sp³-hybridized carbons (Fsp3) is 0.421. The summed E-state index contributed by atoms with van der Waals surface area (Å²) in [5.41, 5.74) is 0.126. The molecule has 2 aliphatic heterocycles. The molecule has 2 saturated heterocycles. The van der Waals surface area contributed by atoms with Gasteiger partial charge >= 0.3 is 0 Å². The molecule has 0 aliphatic carbocycles. The maximum Gasteiger partial charge on any atom is 0.256 e. The summed E-state index contributed by atoms with van der Waals surface area (Å²) < 4.78 is 19.2. The van der Waals surface area contributed by atoms with E-state index in [-0.39, 0.29) is 11.5 Å². The minimum Gasteiger partial charge on any atom is -0.378 e. The van der Waals surface area contributed by atoms with Gasteiger partial charge in [0.25, 0.3) is 5.91 Å². The summed E-state index contributed by atoms with van der Waals surface area (Å²) in [6, 6.07) is 10.0. The second-order valence-corrected chi connectivity index (χ2v) is 6.61. The van der Waals surface area contributed by atoms with E-state index < -0.39 is 5.82 Å². The average Bonchev–Trinajstić information content (AvgIpc) is 2.74. The third-order valence-corrected chi connectivity index (χ3v) is 4.97. The molecule has 7 nitrogen and oxygen atoms in total. The second kappa shape index (κ2) is 7.87. The smallest absolute Gasteiger partial charge is 0.256 e. The highest BCUT2D eigenvalue weighted by Crippen LogP contribution is 2.18. The van der Waals surface area contributed by atoms with Gasteiger partial charge in [-0.05, 0) is 24.3 Å². The molecule has 2 aromatic rings. The van der Waals surface area contributed by atoms with Gasteiger partial charge in [0.2, 0.25) is 0 Å². The van der Waals surface area contributed by atoms with Crippen LogP contribution in [0.2, 0.25) is 0 Å². The number of ether oxygens (including phenoxy) is 1. The number of aromatic nitrogens is 2. The molecule has 4 rings (SSSR count). The Balaban J connectivity index is 1.36. The van der Waals surface area contributed by atoms with Crippen molar-refractivity contribution in [3.8, 4) is 0 Å². The van der Waals surface area contributed by atoms with Crippen molar-refractivity contribution >= 4 is 17.5 Å². The molecule has 1 amide bonds. The highest BCUT2D eigenvalue weighted by Gasteiger charge is 2.25. The number of anilines is 2. The first-order valence-corrected chi connectivity index (χ1v) is 9.17. The van der Waals surface area contributed by atoms with E-state index in [0.717, 1.165) is 24.7 Å². The molecule has 2 fully saturated rings. The highest BCUT2D eigenvalue weighted by atomic mass is 19.1. The van der Waals surface area contributed by atoms with Crippen LogP contribution in [-0.4, -0.2) is 73.5 Å². The molecule has 0 saturated carbocycles. The normalized spacial score (nSPS) is 17.9. The van der Waals surface area contributed by atoms with Gasteiger partial charge in [-0.15, -0.1) is 10.2 Å². The number of hydrogen-bond acceptors (Lipinski definition) is 6. The Hall–Kier alpha value is -2.74. The molecule has 142 valence electrons. The number of piperazine rings is 1. The Kier molecular flexibility index (Phi) is 5.15. The van der Waals surface area contributed by atoms with Crippen LogP contribution in [0, 0.1) is 5.82 Å². The largest absolute Gasteiger partial charge is 0.378 e. The predicted molar refractivity (Wildman–Crippen MR) is 99.6 cm³/mol. The standard InChI is InChI=1S/C19H22FN5O2/c20-16-4-2-1-3-15(16)19(26)25-9-7-23(8-10-25)17-5-6-18(22-21-17)24-11-13-27-14-12-24/h1-6H,7-14H2. The lowest BCUT2D eigenvalue weighted by molar-refractivity contribution is 0.0741. The van der Waals surface area contributed by atoms with Gasteiger partial charge in [-0.3, -0.25) is 4.79 Å². The Morgan fingerprint density at radius 2 is 1.44 bits per heavy atom. The average molecular weight is 371 g/mol. The van der Waals surface area contributed by atoms with E-state index in [2.05, 4.69) is 20.0 Å². The number of nitrogens with zero attached hydrogens (tertiary/aromatic N) is 5. The predicted octanol–water partition coefficient (Wildman–Crippen LogP) is 1.41. The van der Waals surface area contributed by atoms with E-state index in [0.29, 0.717) is 39.4 Å². The molecular weight excluding hydrogens is 349 g/mol. The molecule has 1 aromatic heterocycles. The molecule has 0 radical (unpaired) electrons. The monoisotopic (exact) mass is 371 g/mol. The molecule has 8 heteroatoms. The molecular formula is C19H22FN5O2. The Morgan fingerprint density at radius 1 is 0.852 bits per heavy atom. The summed E-state index contributed by atoms with van der Waals surface area (Å²) in [4.78, 5) is 18.4. The van der Waals surface area contributed by atoms with E-state index in [1.807, 2.05) is 12.1 Å². The summed E-state index contributed by atoms with van der Waals surface area (Å²) in [7, 11) is 0. The number of carbonyl (C=O) groups excluding carboxylic acids is 1. The summed E-state index contributed by atoms with van der Waals surface area (Å²) in [5.74, 6) is 0.913. The number of rotatable bonds is 3. The van der Waals surface area contributed by atoms with Crippen LogP contribution in [0.1, 0.15) is 10.4 Å². The molecule has 2 aliphatic rings. The molecule has 0 N–H and O–H groups in total. The zero-order chi connectivity index (χ0) is 18.6. The van der Waals surface area contributed by atoms with E-state index >= 15 is 0 Å². The van der Waals surface area contributed by atoms with Crippen molar-refractivity contribution in [2.24, 2.45) is 0 Å². The van der Waals surface area contributed by atoms with Crippen molar-refractivity contribution in [2.45, 2.75) is 0 Å². The minimum atomic E-state index is -0.477. The lowest BCUT2D eigenvalue weighted by Crippen LogP contribution is -2.49. The lowest BCUT2D eigenvalue weighted by Gasteiger charge is -2.35. The zero-order valence-electron chi connectivity index (χ0n) is 15.1. The van der Waals surface area contributed by atoms with Crippen LogP contribution in [0.4, 0.5) is 16.0 Å². The van der Waals surface area contributed by atoms with Crippen LogP contribution >= 0.6 is 0 Å². The first-order chi connectivity index (χ1) is 13.2. The molecule has 27 heavy (non-hydrogen) atoms. The first-order valence-electron chi connectivity index (χ1n) is 9.17. The summed E-state index contributed by atoms with van der Waals surface area (Å²) in [5, 5.41) is 8.69. The van der Waals surface area contributed by atoms with Crippen molar-refractivity contribution in [1.29, 1.82) is 0 Å². The fourth-order valence-corrected chi connectivity index (χ4v) is 3.39. The summed E-state index contributed by atoms with van der Waals surface area (Å²) >= 11 is 0. The van der Waals surface area contributed by atoms with E-state index in [4.69, 9.17) is 4.74 Å². The van der Waals surface area contributed by atoms with E-state index in [1.165, 1.54) is 12.1 Å². The number of benzene rings is 1. The maximum absolute atomic E-state index is 13.8. The van der Waals surface area contributed by atoms with Crippen LogP contribution in [0.15, 0.2) is 36.4 Å². The quantitative estimate of drug-likeness (QED) is 0.813. The first kappa shape index (κ1) is 17.7. The highest BCUT2D eigenvalue weighted by molar-refractivity contribution is 5.94. The van der Waals surface area contributed by atoms with Crippen LogP contribution < -0.4 is 9.80 Å². The van der Waals surface area contributed by atoms with Crippen LogP contribution in [0.3, 0.4) is 0 Å². The summed E-state index contributed by atoms with van der Waals surface area (Å²) in [6.45, 7) is 5.41. The zero-order valence-corrected chi connectivity index (χ0v) is 15.1. The Bertz CT molecular complexity index is 787. The van der Waals surface area contributed by atoms with Gasteiger partial charge in [0.15, 0.2) is 11.6 Å². The van der Waals surface area contributed by atoms with Gasteiger partial charge in [-0.2, -0.15) is 0 Å². The summed E-state index contributed by atoms with van der Waals surface area (Å²) in [6.07, 6.45) is 0. The van der Waals surface area contributed by atoms with Crippen LogP contribution in [0.5, 0.6) is 0 Å². The van der Waals surface area contributed by atoms with Crippen molar-refractivity contribution < 1.29 is 13.9 Å². The van der Waals surface area contributed by atoms with E-state index in [9.17, 15) is 9.18 Å². The SMILES string of the molecule is O=C(c1ccccc1F)N1CCN(c2ccc(N3CCOCC3)nn2)CC1. The van der Waals surface area contributed by atoms with Crippen LogP contribution in [-0.2, 0) is 4.74 Å². The molecule has 0 spiro atoms. The van der Waals surface area contributed by atoms with Gasteiger partial charge in [-0.25, -0.2) is 4.39 Å². The number of amides is 1. The van der Waals surface area contributed by atoms with Crippen molar-refractivity contribution in [3.05, 3.63) is 47.8 Å². The third-order valence-electron chi connectivity index (χ3n) is 4.97. The molecule has 0 atom stereocenters. The number of hydrogen-bond donors (Lipinski definition) is 0. The third kappa shape index (κ3) is 3.85. The minimum absolute atomic E-state index is 0.126. The number of carbonyl (C=O) groups is 1. The van der Waals surface area contributed by atoms with Gasteiger partial charge in [0.05, 0.1) is 18.8 Å². The number of morpholine rings is 1. The molecule has 3 heterocycles. The van der Waals surface area contributed by atoms with Crippen molar-refractivity contribution in [1.82, 2.24) is 15.1 Å². The molecule has 0 bridgehead atoms. The van der Waals surface area contributed by atoms with E-state index in [1.54, 1.807) is 17.0 Å². The Labute approximate surface area is 157 Å². The Morgan fingerprint density at radius 3 is 2.04 bits per heavy atom. The van der Waals surface area contributed by atoms with Gasteiger partial charge < -0.3 is 19.4 Å². The van der Waals surface area contributed by atoms with Crippen molar-refractivity contribution in [2.75, 3.05) is 62.3 Å². The molecule has 0 unspecified atom stereocenters. The maximum atomic E-state index is 13.8. The fourth-order valence-electron chi connectivity index (χ4n) is 3.39. The van der Waals surface area contributed by atoms with Gasteiger partial charge in [-0.1, -0.05) is 12.1 Å². The lowest BCUT2D eigenvalue weighted by atomic mass is 10.1. The second-order valence-electron chi connectivity index (χ2n) is 6.61. The topological polar surface area (TPSA) is 61.8 Å². The van der Waals surface area contributed by atoms with Gasteiger partial charge in [0, 0.05) is 39.3 Å². The van der Waals surface area contributed by atoms with Crippen molar-refractivity contribution in [3.63, 3.8) is 0 Å². The van der Waals surface area contributed by atoms with Crippen LogP contribution in [0.25, 0.3) is 0 Å². The molecule has 1 aromatic carbocycles. The van der Waals surface area contributed by atoms with Gasteiger partial charge in [0.1, 0.15) is 5.82 Å². The number of halogens is 1.